The Bertz CT molecular complexity index is 473. The summed E-state index contributed by atoms with van der Waals surface area (Å²) in [6, 6.07) is 0.926. The summed E-state index contributed by atoms with van der Waals surface area (Å²) >= 11 is 5.30. The van der Waals surface area contributed by atoms with Gasteiger partial charge in [0, 0.05) is 0 Å². The first kappa shape index (κ1) is 9.08. The largest absolute Gasteiger partial charge is 0.316 e. The Kier molecular flexibility index (Phi) is 1.78. The number of anilines is 1. The molecule has 2 rings (SSSR count). The van der Waals surface area contributed by atoms with E-state index in [0.29, 0.717) is 0 Å². The highest BCUT2D eigenvalue weighted by molar-refractivity contribution is 6.52. The standard InChI is InChI=1S/C8H2ClF2NO2/c9-3-1-2-6(5(11)4(3)10)12-8(14)7(2)13/h1H,(H,12,13,14). The van der Waals surface area contributed by atoms with Crippen LogP contribution in [0.15, 0.2) is 6.07 Å². The third kappa shape index (κ3) is 1.02. The van der Waals surface area contributed by atoms with Crippen LogP contribution in [-0.4, -0.2) is 11.7 Å². The predicted octanol–water partition coefficient (Wildman–Crippen LogP) is 1.75. The number of hydrogen-bond acceptors (Lipinski definition) is 2. The number of rotatable bonds is 0. The Balaban J connectivity index is 2.76. The zero-order chi connectivity index (χ0) is 10.5. The Morgan fingerprint density at radius 2 is 1.86 bits per heavy atom. The highest BCUT2D eigenvalue weighted by atomic mass is 35.5. The molecular formula is C8H2ClF2NO2. The summed E-state index contributed by atoms with van der Waals surface area (Å²) in [6.07, 6.45) is 0. The number of Topliss-reactive ketones (excluding diaryl/α,β-unsaturated/α-hetero) is 1. The molecule has 0 bridgehead atoms. The van der Waals surface area contributed by atoms with Crippen molar-refractivity contribution in [3.63, 3.8) is 0 Å². The van der Waals surface area contributed by atoms with Gasteiger partial charge in [-0.3, -0.25) is 9.59 Å². The van der Waals surface area contributed by atoms with Gasteiger partial charge < -0.3 is 5.32 Å². The van der Waals surface area contributed by atoms with Crippen molar-refractivity contribution in [1.29, 1.82) is 0 Å². The number of carbonyl (C=O) groups excluding carboxylic acids is 2. The van der Waals surface area contributed by atoms with Crippen molar-refractivity contribution >= 4 is 29.0 Å². The normalized spacial score (nSPS) is 14.2. The Morgan fingerprint density at radius 1 is 1.21 bits per heavy atom. The van der Waals surface area contributed by atoms with Gasteiger partial charge in [-0.1, -0.05) is 11.6 Å². The summed E-state index contributed by atoms with van der Waals surface area (Å²) in [6.45, 7) is 0. The monoisotopic (exact) mass is 217 g/mol. The predicted molar refractivity (Wildman–Crippen MR) is 44.3 cm³/mol. The minimum atomic E-state index is -1.31. The Labute approximate surface area is 81.7 Å². The molecule has 0 unspecified atom stereocenters. The first-order chi connectivity index (χ1) is 6.52. The molecule has 14 heavy (non-hydrogen) atoms. The van der Waals surface area contributed by atoms with E-state index < -0.39 is 34.0 Å². The van der Waals surface area contributed by atoms with E-state index in [0.717, 1.165) is 6.07 Å². The lowest BCUT2D eigenvalue weighted by Gasteiger charge is -2.01. The highest BCUT2D eigenvalue weighted by Crippen LogP contribution is 2.32. The van der Waals surface area contributed by atoms with Gasteiger partial charge in [-0.15, -0.1) is 0 Å². The molecule has 0 aliphatic carbocycles. The fourth-order valence-electron chi connectivity index (χ4n) is 1.19. The van der Waals surface area contributed by atoms with Crippen molar-refractivity contribution in [3.8, 4) is 0 Å². The third-order valence-electron chi connectivity index (χ3n) is 1.85. The second kappa shape index (κ2) is 2.75. The summed E-state index contributed by atoms with van der Waals surface area (Å²) in [5.41, 5.74) is -0.680. The van der Waals surface area contributed by atoms with Crippen LogP contribution in [0.2, 0.25) is 5.02 Å². The minimum Gasteiger partial charge on any atom is -0.316 e. The summed E-state index contributed by atoms with van der Waals surface area (Å²) < 4.78 is 26.0. The van der Waals surface area contributed by atoms with Crippen LogP contribution >= 0.6 is 11.6 Å². The van der Waals surface area contributed by atoms with E-state index >= 15 is 0 Å². The maximum Gasteiger partial charge on any atom is 0.296 e. The smallest absolute Gasteiger partial charge is 0.296 e. The number of benzene rings is 1. The Hall–Kier alpha value is -1.49. The topological polar surface area (TPSA) is 46.2 Å². The summed E-state index contributed by atoms with van der Waals surface area (Å²) in [7, 11) is 0. The SMILES string of the molecule is O=C1Nc2c(cc(Cl)c(F)c2F)C1=O. The molecule has 1 aromatic rings. The molecule has 0 atom stereocenters. The molecule has 6 heteroatoms. The van der Waals surface area contributed by atoms with E-state index in [-0.39, 0.29) is 5.56 Å². The van der Waals surface area contributed by atoms with Crippen LogP contribution in [0.25, 0.3) is 0 Å². The molecule has 1 heterocycles. The van der Waals surface area contributed by atoms with Gasteiger partial charge in [-0.05, 0) is 6.07 Å². The molecular weight excluding hydrogens is 216 g/mol. The van der Waals surface area contributed by atoms with E-state index in [1.165, 1.54) is 0 Å². The second-order valence-corrected chi connectivity index (χ2v) is 3.10. The molecule has 0 spiro atoms. The molecule has 0 radical (unpaired) electrons. The molecule has 1 aliphatic rings. The lowest BCUT2D eigenvalue weighted by molar-refractivity contribution is -0.112. The average Bonchev–Trinajstić information content (AvgIpc) is 2.42. The number of carbonyl (C=O) groups is 2. The number of amides is 1. The first-order valence-corrected chi connectivity index (χ1v) is 3.93. The number of ketones is 1. The van der Waals surface area contributed by atoms with Crippen LogP contribution in [-0.2, 0) is 4.79 Å². The highest BCUT2D eigenvalue weighted by Gasteiger charge is 2.33. The van der Waals surface area contributed by atoms with Crippen molar-refractivity contribution in [1.82, 2.24) is 0 Å². The van der Waals surface area contributed by atoms with Gasteiger partial charge in [0.15, 0.2) is 11.6 Å². The number of hydrogen-bond donors (Lipinski definition) is 1. The van der Waals surface area contributed by atoms with Gasteiger partial charge >= 0.3 is 0 Å². The molecule has 1 amide bonds. The number of halogens is 3. The molecule has 3 nitrogen and oxygen atoms in total. The number of nitrogens with one attached hydrogen (secondary N) is 1. The van der Waals surface area contributed by atoms with Gasteiger partial charge in [0.05, 0.1) is 16.3 Å². The van der Waals surface area contributed by atoms with Crippen LogP contribution in [0.1, 0.15) is 10.4 Å². The van der Waals surface area contributed by atoms with Crippen molar-refractivity contribution in [2.45, 2.75) is 0 Å². The van der Waals surface area contributed by atoms with E-state index in [1.54, 1.807) is 0 Å². The second-order valence-electron chi connectivity index (χ2n) is 2.69. The van der Waals surface area contributed by atoms with Crippen LogP contribution < -0.4 is 5.32 Å². The van der Waals surface area contributed by atoms with Crippen molar-refractivity contribution in [2.75, 3.05) is 5.32 Å². The number of fused-ring (bicyclic) bond motifs is 1. The summed E-state index contributed by atoms with van der Waals surface area (Å²) in [5.74, 6) is -4.49. The molecule has 1 aliphatic heterocycles. The zero-order valence-electron chi connectivity index (χ0n) is 6.53. The first-order valence-electron chi connectivity index (χ1n) is 3.55. The molecule has 0 saturated carbocycles. The fraction of sp³-hybridized carbons (Fsp3) is 0. The van der Waals surface area contributed by atoms with Crippen LogP contribution in [0.3, 0.4) is 0 Å². The van der Waals surface area contributed by atoms with Crippen LogP contribution in [0.4, 0.5) is 14.5 Å². The molecule has 1 aromatic carbocycles. The molecule has 0 aromatic heterocycles. The molecule has 0 fully saturated rings. The van der Waals surface area contributed by atoms with Crippen molar-refractivity contribution in [2.24, 2.45) is 0 Å². The quantitative estimate of drug-likeness (QED) is 0.532. The van der Waals surface area contributed by atoms with Crippen molar-refractivity contribution in [3.05, 3.63) is 28.3 Å². The van der Waals surface area contributed by atoms with E-state index in [2.05, 4.69) is 0 Å². The van der Waals surface area contributed by atoms with Gasteiger partial charge in [0.2, 0.25) is 0 Å². The van der Waals surface area contributed by atoms with Gasteiger partial charge in [-0.25, -0.2) is 8.78 Å². The summed E-state index contributed by atoms with van der Waals surface area (Å²) in [4.78, 5) is 21.9. The zero-order valence-corrected chi connectivity index (χ0v) is 7.28. The van der Waals surface area contributed by atoms with E-state index in [4.69, 9.17) is 11.6 Å². The van der Waals surface area contributed by atoms with Gasteiger partial charge in [-0.2, -0.15) is 0 Å². The van der Waals surface area contributed by atoms with Crippen molar-refractivity contribution < 1.29 is 18.4 Å². The fourth-order valence-corrected chi connectivity index (χ4v) is 1.38. The van der Waals surface area contributed by atoms with Crippen LogP contribution in [0, 0.1) is 11.6 Å². The van der Waals surface area contributed by atoms with Crippen LogP contribution in [0.5, 0.6) is 0 Å². The van der Waals surface area contributed by atoms with Gasteiger partial charge in [0.25, 0.3) is 11.7 Å². The molecule has 1 N–H and O–H groups in total. The molecule has 72 valence electrons. The van der Waals surface area contributed by atoms with E-state index in [9.17, 15) is 18.4 Å². The average molecular weight is 218 g/mol. The lowest BCUT2D eigenvalue weighted by Crippen LogP contribution is -2.12. The maximum atomic E-state index is 13.1. The summed E-state index contributed by atoms with van der Waals surface area (Å²) in [5, 5.41) is 1.40. The van der Waals surface area contributed by atoms with E-state index in [1.807, 2.05) is 5.32 Å². The molecule has 0 saturated heterocycles. The lowest BCUT2D eigenvalue weighted by atomic mass is 10.1. The van der Waals surface area contributed by atoms with Gasteiger partial charge in [0.1, 0.15) is 0 Å². The maximum absolute atomic E-state index is 13.1. The Morgan fingerprint density at radius 3 is 2.50 bits per heavy atom. The third-order valence-corrected chi connectivity index (χ3v) is 2.13. The minimum absolute atomic E-state index is 0.237.